The molecule has 0 atom stereocenters. The van der Waals surface area contributed by atoms with Crippen LogP contribution in [0.2, 0.25) is 0 Å². The van der Waals surface area contributed by atoms with Crippen LogP contribution in [0.1, 0.15) is 11.1 Å². The van der Waals surface area contributed by atoms with Crippen molar-refractivity contribution in [1.82, 2.24) is 15.0 Å². The van der Waals surface area contributed by atoms with Gasteiger partial charge in [0.1, 0.15) is 12.0 Å². The highest BCUT2D eigenvalue weighted by molar-refractivity contribution is 5.90. The van der Waals surface area contributed by atoms with Gasteiger partial charge in [0.05, 0.1) is 5.69 Å². The first kappa shape index (κ1) is 10.9. The summed E-state index contributed by atoms with van der Waals surface area (Å²) in [5.74, 6) is 0. The lowest BCUT2D eigenvalue weighted by Gasteiger charge is -2.07. The maximum Gasteiger partial charge on any atom is 0.141 e. The average Bonchev–Trinajstić information content (AvgIpc) is 2.86. The minimum absolute atomic E-state index is 0.565. The molecular weight excluding hydrogens is 224 g/mol. The number of hydrogen-bond donors (Lipinski definition) is 2. The Morgan fingerprint density at radius 2 is 2.11 bits per heavy atom. The van der Waals surface area contributed by atoms with E-state index in [1.807, 2.05) is 12.3 Å². The number of aromatic amines is 1. The topological polar surface area (TPSA) is 67.6 Å². The summed E-state index contributed by atoms with van der Waals surface area (Å²) in [5.41, 5.74) is 10.9. The first-order valence-electron chi connectivity index (χ1n) is 5.87. The lowest BCUT2D eigenvalue weighted by atomic mass is 10.0. The molecule has 3 N–H and O–H groups in total. The number of aryl methyl sites for hydroxylation is 1. The van der Waals surface area contributed by atoms with Crippen LogP contribution in [0.4, 0.5) is 0 Å². The van der Waals surface area contributed by atoms with Gasteiger partial charge in [0.2, 0.25) is 0 Å². The Morgan fingerprint density at radius 3 is 2.89 bits per heavy atom. The van der Waals surface area contributed by atoms with Crippen LogP contribution in [0, 0.1) is 6.92 Å². The molecule has 4 nitrogen and oxygen atoms in total. The predicted octanol–water partition coefficient (Wildman–Crippen LogP) is 2.39. The SMILES string of the molecule is Cc1cc(-c2ncnc3[nH]ccc23)ccc1CN. The summed E-state index contributed by atoms with van der Waals surface area (Å²) in [7, 11) is 0. The molecule has 0 fully saturated rings. The standard InChI is InChI=1S/C14H14N4/c1-9-6-10(2-3-11(9)7-15)13-12-4-5-16-14(12)18-8-17-13/h2-6,8H,7,15H2,1H3,(H,16,17,18). The number of rotatable bonds is 2. The van der Waals surface area contributed by atoms with E-state index in [2.05, 4.69) is 40.1 Å². The molecule has 3 rings (SSSR count). The molecule has 0 unspecified atom stereocenters. The van der Waals surface area contributed by atoms with E-state index in [0.29, 0.717) is 6.54 Å². The first-order valence-corrected chi connectivity index (χ1v) is 5.87. The van der Waals surface area contributed by atoms with Gasteiger partial charge in [0, 0.05) is 23.7 Å². The summed E-state index contributed by atoms with van der Waals surface area (Å²) in [4.78, 5) is 11.7. The summed E-state index contributed by atoms with van der Waals surface area (Å²) >= 11 is 0. The molecule has 0 radical (unpaired) electrons. The number of benzene rings is 1. The molecule has 0 saturated carbocycles. The van der Waals surface area contributed by atoms with Crippen molar-refractivity contribution in [3.05, 3.63) is 47.9 Å². The van der Waals surface area contributed by atoms with Gasteiger partial charge in [-0.2, -0.15) is 0 Å². The van der Waals surface area contributed by atoms with E-state index in [9.17, 15) is 0 Å². The first-order chi connectivity index (χ1) is 8.79. The van der Waals surface area contributed by atoms with Crippen LogP contribution in [-0.2, 0) is 6.54 Å². The van der Waals surface area contributed by atoms with Crippen LogP contribution >= 0.6 is 0 Å². The van der Waals surface area contributed by atoms with E-state index >= 15 is 0 Å². The van der Waals surface area contributed by atoms with E-state index in [4.69, 9.17) is 5.73 Å². The van der Waals surface area contributed by atoms with Crippen LogP contribution < -0.4 is 5.73 Å². The van der Waals surface area contributed by atoms with Crippen LogP contribution in [-0.4, -0.2) is 15.0 Å². The minimum Gasteiger partial charge on any atom is -0.346 e. The van der Waals surface area contributed by atoms with Crippen molar-refractivity contribution in [2.45, 2.75) is 13.5 Å². The van der Waals surface area contributed by atoms with Crippen molar-refractivity contribution in [1.29, 1.82) is 0 Å². The molecule has 0 aliphatic heterocycles. The quantitative estimate of drug-likeness (QED) is 0.720. The van der Waals surface area contributed by atoms with Crippen molar-refractivity contribution >= 4 is 11.0 Å². The van der Waals surface area contributed by atoms with Gasteiger partial charge >= 0.3 is 0 Å². The highest BCUT2D eigenvalue weighted by Gasteiger charge is 2.08. The van der Waals surface area contributed by atoms with Gasteiger partial charge in [0.15, 0.2) is 0 Å². The second-order valence-electron chi connectivity index (χ2n) is 4.31. The lowest BCUT2D eigenvalue weighted by molar-refractivity contribution is 1.05. The van der Waals surface area contributed by atoms with Gasteiger partial charge in [0.25, 0.3) is 0 Å². The summed E-state index contributed by atoms with van der Waals surface area (Å²) in [6, 6.07) is 8.24. The number of hydrogen-bond acceptors (Lipinski definition) is 3. The molecule has 0 bridgehead atoms. The van der Waals surface area contributed by atoms with Gasteiger partial charge in [-0.05, 0) is 30.2 Å². The molecule has 4 heteroatoms. The molecule has 2 aromatic heterocycles. The number of nitrogens with two attached hydrogens (primary N) is 1. The molecule has 2 heterocycles. The fourth-order valence-electron chi connectivity index (χ4n) is 2.17. The van der Waals surface area contributed by atoms with Gasteiger partial charge in [-0.25, -0.2) is 9.97 Å². The maximum atomic E-state index is 5.68. The average molecular weight is 238 g/mol. The lowest BCUT2D eigenvalue weighted by Crippen LogP contribution is -1.99. The molecule has 0 aliphatic rings. The van der Waals surface area contributed by atoms with E-state index in [1.165, 1.54) is 5.56 Å². The second kappa shape index (κ2) is 4.23. The zero-order valence-corrected chi connectivity index (χ0v) is 10.1. The van der Waals surface area contributed by atoms with Crippen LogP contribution in [0.15, 0.2) is 36.8 Å². The van der Waals surface area contributed by atoms with Gasteiger partial charge < -0.3 is 10.7 Å². The van der Waals surface area contributed by atoms with Crippen molar-refractivity contribution < 1.29 is 0 Å². The Balaban J connectivity index is 2.20. The molecule has 90 valence electrons. The van der Waals surface area contributed by atoms with Crippen LogP contribution in [0.5, 0.6) is 0 Å². The Hall–Kier alpha value is -2.20. The summed E-state index contributed by atoms with van der Waals surface area (Å²) in [6.07, 6.45) is 3.46. The fraction of sp³-hybridized carbons (Fsp3) is 0.143. The number of fused-ring (bicyclic) bond motifs is 1. The summed E-state index contributed by atoms with van der Waals surface area (Å²) in [6.45, 7) is 2.64. The Labute approximate surface area is 105 Å². The van der Waals surface area contributed by atoms with Gasteiger partial charge in [-0.15, -0.1) is 0 Å². The smallest absolute Gasteiger partial charge is 0.141 e. The van der Waals surface area contributed by atoms with E-state index in [-0.39, 0.29) is 0 Å². The van der Waals surface area contributed by atoms with Crippen molar-refractivity contribution in [2.24, 2.45) is 5.73 Å². The third-order valence-corrected chi connectivity index (χ3v) is 3.19. The number of H-pyrrole nitrogens is 1. The molecular formula is C14H14N4. The van der Waals surface area contributed by atoms with Gasteiger partial charge in [-0.1, -0.05) is 12.1 Å². The molecule has 3 aromatic rings. The molecule has 0 spiro atoms. The van der Waals surface area contributed by atoms with E-state index < -0.39 is 0 Å². The zero-order chi connectivity index (χ0) is 12.5. The highest BCUT2D eigenvalue weighted by atomic mass is 14.9. The molecule has 18 heavy (non-hydrogen) atoms. The fourth-order valence-corrected chi connectivity index (χ4v) is 2.17. The molecule has 0 saturated heterocycles. The maximum absolute atomic E-state index is 5.68. The minimum atomic E-state index is 0.565. The van der Waals surface area contributed by atoms with Crippen LogP contribution in [0.25, 0.3) is 22.3 Å². The Morgan fingerprint density at radius 1 is 1.22 bits per heavy atom. The molecule has 0 amide bonds. The zero-order valence-electron chi connectivity index (χ0n) is 10.1. The second-order valence-corrected chi connectivity index (χ2v) is 4.31. The van der Waals surface area contributed by atoms with Crippen molar-refractivity contribution in [3.63, 3.8) is 0 Å². The largest absolute Gasteiger partial charge is 0.346 e. The summed E-state index contributed by atoms with van der Waals surface area (Å²) < 4.78 is 0. The highest BCUT2D eigenvalue weighted by Crippen LogP contribution is 2.26. The van der Waals surface area contributed by atoms with Crippen LogP contribution in [0.3, 0.4) is 0 Å². The third-order valence-electron chi connectivity index (χ3n) is 3.19. The summed E-state index contributed by atoms with van der Waals surface area (Å²) in [5, 5.41) is 1.04. The predicted molar refractivity (Wildman–Crippen MR) is 72.0 cm³/mol. The van der Waals surface area contributed by atoms with E-state index in [0.717, 1.165) is 27.9 Å². The Kier molecular flexibility index (Phi) is 2.57. The number of aromatic nitrogens is 3. The van der Waals surface area contributed by atoms with Crippen molar-refractivity contribution in [3.8, 4) is 11.3 Å². The normalized spacial score (nSPS) is 11.0. The number of nitrogens with one attached hydrogen (secondary N) is 1. The number of nitrogens with zero attached hydrogens (tertiary/aromatic N) is 2. The Bertz CT molecular complexity index is 700. The molecule has 1 aromatic carbocycles. The van der Waals surface area contributed by atoms with Crippen molar-refractivity contribution in [2.75, 3.05) is 0 Å². The van der Waals surface area contributed by atoms with Gasteiger partial charge in [-0.3, -0.25) is 0 Å². The van der Waals surface area contributed by atoms with E-state index in [1.54, 1.807) is 6.33 Å². The monoisotopic (exact) mass is 238 g/mol. The third kappa shape index (κ3) is 1.67. The molecule has 0 aliphatic carbocycles.